The largest absolute Gasteiger partial charge is 0.497 e. The van der Waals surface area contributed by atoms with E-state index in [1.54, 1.807) is 7.11 Å². The highest BCUT2D eigenvalue weighted by Crippen LogP contribution is 2.21. The van der Waals surface area contributed by atoms with Crippen LogP contribution in [-0.4, -0.2) is 36.9 Å². The van der Waals surface area contributed by atoms with Crippen molar-refractivity contribution in [1.29, 1.82) is 0 Å². The van der Waals surface area contributed by atoms with Crippen LogP contribution in [0.25, 0.3) is 0 Å². The number of benzene rings is 1. The first kappa shape index (κ1) is 12.7. The van der Waals surface area contributed by atoms with Gasteiger partial charge in [0, 0.05) is 6.54 Å². The second kappa shape index (κ2) is 5.25. The van der Waals surface area contributed by atoms with Crippen LogP contribution < -0.4 is 4.74 Å². The lowest BCUT2D eigenvalue weighted by molar-refractivity contribution is 0.150. The molecule has 5 heteroatoms. The molecule has 0 spiro atoms. The minimum absolute atomic E-state index is 0.118. The summed E-state index contributed by atoms with van der Waals surface area (Å²) in [6.07, 6.45) is -1.56. The SMILES string of the molecule is COc1ccc(CN2C(=O)OC[C@@H]2[C@H](C)F)cc1. The number of hydrogen-bond donors (Lipinski definition) is 0. The number of hydrogen-bond acceptors (Lipinski definition) is 3. The van der Waals surface area contributed by atoms with Crippen LogP contribution in [0.1, 0.15) is 12.5 Å². The highest BCUT2D eigenvalue weighted by atomic mass is 19.1. The lowest BCUT2D eigenvalue weighted by Gasteiger charge is -2.22. The first-order valence-corrected chi connectivity index (χ1v) is 5.82. The minimum Gasteiger partial charge on any atom is -0.497 e. The summed E-state index contributed by atoms with van der Waals surface area (Å²) >= 11 is 0. The molecule has 1 aliphatic rings. The van der Waals surface area contributed by atoms with Gasteiger partial charge in [0.15, 0.2) is 0 Å². The maximum absolute atomic E-state index is 13.4. The number of carbonyl (C=O) groups is 1. The molecule has 0 aromatic heterocycles. The molecule has 0 radical (unpaired) electrons. The number of cyclic esters (lactones) is 1. The second-order valence-electron chi connectivity index (χ2n) is 4.30. The van der Waals surface area contributed by atoms with Crippen LogP contribution in [0.3, 0.4) is 0 Å². The number of rotatable bonds is 4. The molecule has 4 nitrogen and oxygen atoms in total. The van der Waals surface area contributed by atoms with Crippen LogP contribution in [0, 0.1) is 0 Å². The Morgan fingerprint density at radius 1 is 1.50 bits per heavy atom. The van der Waals surface area contributed by atoms with Gasteiger partial charge >= 0.3 is 6.09 Å². The van der Waals surface area contributed by atoms with Gasteiger partial charge in [0.1, 0.15) is 24.6 Å². The monoisotopic (exact) mass is 253 g/mol. The molecule has 98 valence electrons. The van der Waals surface area contributed by atoms with Crippen molar-refractivity contribution in [1.82, 2.24) is 4.90 Å². The number of ether oxygens (including phenoxy) is 2. The molecule has 1 aliphatic heterocycles. The van der Waals surface area contributed by atoms with Gasteiger partial charge in [0.2, 0.25) is 0 Å². The fourth-order valence-corrected chi connectivity index (χ4v) is 1.95. The summed E-state index contributed by atoms with van der Waals surface area (Å²) in [5.41, 5.74) is 0.917. The molecule has 1 aromatic carbocycles. The van der Waals surface area contributed by atoms with Gasteiger partial charge in [-0.25, -0.2) is 9.18 Å². The molecular formula is C13H16FNO3. The standard InChI is InChI=1S/C13H16FNO3/c1-9(14)12-8-18-13(16)15(12)7-10-3-5-11(17-2)6-4-10/h3-6,9,12H,7-8H2,1-2H3/t9-,12+/m0/s1. The van der Waals surface area contributed by atoms with Gasteiger partial charge in [0.25, 0.3) is 0 Å². The molecule has 0 N–H and O–H groups in total. The first-order valence-electron chi connectivity index (χ1n) is 5.82. The molecule has 1 heterocycles. The van der Waals surface area contributed by atoms with Crippen LogP contribution in [0.5, 0.6) is 5.75 Å². The van der Waals surface area contributed by atoms with E-state index in [1.165, 1.54) is 11.8 Å². The summed E-state index contributed by atoms with van der Waals surface area (Å²) in [5, 5.41) is 0. The number of nitrogens with zero attached hydrogens (tertiary/aromatic N) is 1. The Morgan fingerprint density at radius 2 is 2.17 bits per heavy atom. The predicted molar refractivity (Wildman–Crippen MR) is 64.2 cm³/mol. The molecule has 1 fully saturated rings. The van der Waals surface area contributed by atoms with Gasteiger partial charge in [-0.3, -0.25) is 4.90 Å². The van der Waals surface area contributed by atoms with E-state index in [2.05, 4.69) is 0 Å². The van der Waals surface area contributed by atoms with Gasteiger partial charge < -0.3 is 9.47 Å². The van der Waals surface area contributed by atoms with Crippen molar-refractivity contribution in [3.05, 3.63) is 29.8 Å². The van der Waals surface area contributed by atoms with Crippen LogP contribution in [0.15, 0.2) is 24.3 Å². The second-order valence-corrected chi connectivity index (χ2v) is 4.30. The molecular weight excluding hydrogens is 237 g/mol. The Kier molecular flexibility index (Phi) is 3.69. The molecule has 18 heavy (non-hydrogen) atoms. The maximum atomic E-state index is 13.4. The third-order valence-corrected chi connectivity index (χ3v) is 3.05. The molecule has 0 bridgehead atoms. The fraction of sp³-hybridized carbons (Fsp3) is 0.462. The maximum Gasteiger partial charge on any atom is 0.410 e. The zero-order valence-corrected chi connectivity index (χ0v) is 10.4. The van der Waals surface area contributed by atoms with Gasteiger partial charge in [0.05, 0.1) is 7.11 Å². The van der Waals surface area contributed by atoms with Crippen molar-refractivity contribution in [2.75, 3.05) is 13.7 Å². The van der Waals surface area contributed by atoms with Gasteiger partial charge in [-0.1, -0.05) is 12.1 Å². The molecule has 0 saturated carbocycles. The minimum atomic E-state index is -1.10. The van der Waals surface area contributed by atoms with Crippen LogP contribution in [-0.2, 0) is 11.3 Å². The summed E-state index contributed by atoms with van der Waals surface area (Å²) in [4.78, 5) is 13.0. The highest BCUT2D eigenvalue weighted by molar-refractivity contribution is 5.70. The Morgan fingerprint density at radius 3 is 2.72 bits per heavy atom. The van der Waals surface area contributed by atoms with Gasteiger partial charge in [-0.15, -0.1) is 0 Å². The van der Waals surface area contributed by atoms with Crippen LogP contribution in [0.2, 0.25) is 0 Å². The highest BCUT2D eigenvalue weighted by Gasteiger charge is 2.36. The Labute approximate surface area is 105 Å². The van der Waals surface area contributed by atoms with E-state index in [0.29, 0.717) is 6.54 Å². The van der Waals surface area contributed by atoms with E-state index in [-0.39, 0.29) is 6.61 Å². The lowest BCUT2D eigenvalue weighted by atomic mass is 10.1. The van der Waals surface area contributed by atoms with E-state index in [9.17, 15) is 9.18 Å². The summed E-state index contributed by atoms with van der Waals surface area (Å²) in [6.45, 7) is 1.90. The zero-order valence-electron chi connectivity index (χ0n) is 10.4. The number of amides is 1. The molecule has 2 rings (SSSR count). The average molecular weight is 253 g/mol. The summed E-state index contributed by atoms with van der Waals surface area (Å²) in [6, 6.07) is 6.82. The molecule has 0 aliphatic carbocycles. The molecule has 1 saturated heterocycles. The van der Waals surface area contributed by atoms with Crippen molar-refractivity contribution in [3.63, 3.8) is 0 Å². The van der Waals surface area contributed by atoms with E-state index >= 15 is 0 Å². The molecule has 0 unspecified atom stereocenters. The van der Waals surface area contributed by atoms with Gasteiger partial charge in [-0.2, -0.15) is 0 Å². The van der Waals surface area contributed by atoms with E-state index in [4.69, 9.17) is 9.47 Å². The van der Waals surface area contributed by atoms with Crippen molar-refractivity contribution in [3.8, 4) is 5.75 Å². The third kappa shape index (κ3) is 2.55. The van der Waals surface area contributed by atoms with E-state index in [0.717, 1.165) is 11.3 Å². The average Bonchev–Trinajstić information content (AvgIpc) is 2.72. The first-order chi connectivity index (χ1) is 8.61. The van der Waals surface area contributed by atoms with E-state index in [1.807, 2.05) is 24.3 Å². The predicted octanol–water partition coefficient (Wildman–Crippen LogP) is 2.37. The molecule has 1 aromatic rings. The fourth-order valence-electron chi connectivity index (χ4n) is 1.95. The number of halogens is 1. The van der Waals surface area contributed by atoms with Crippen molar-refractivity contribution < 1.29 is 18.7 Å². The summed E-state index contributed by atoms with van der Waals surface area (Å²) in [5.74, 6) is 0.748. The topological polar surface area (TPSA) is 38.8 Å². The molecule has 1 amide bonds. The Bertz CT molecular complexity index is 419. The smallest absolute Gasteiger partial charge is 0.410 e. The van der Waals surface area contributed by atoms with Gasteiger partial charge in [-0.05, 0) is 24.6 Å². The van der Waals surface area contributed by atoms with Crippen molar-refractivity contribution in [2.24, 2.45) is 0 Å². The zero-order chi connectivity index (χ0) is 13.1. The lowest BCUT2D eigenvalue weighted by Crippen LogP contribution is -2.38. The van der Waals surface area contributed by atoms with E-state index < -0.39 is 18.3 Å². The normalized spacial score (nSPS) is 20.7. The summed E-state index contributed by atoms with van der Waals surface area (Å²) in [7, 11) is 1.59. The third-order valence-electron chi connectivity index (χ3n) is 3.05. The Balaban J connectivity index is 2.08. The number of carbonyl (C=O) groups excluding carboxylic acids is 1. The molecule has 2 atom stereocenters. The van der Waals surface area contributed by atoms with Crippen LogP contribution in [0.4, 0.5) is 9.18 Å². The Hall–Kier alpha value is -1.78. The summed E-state index contributed by atoms with van der Waals surface area (Å²) < 4.78 is 23.3. The quantitative estimate of drug-likeness (QED) is 0.827. The number of alkyl halides is 1. The van der Waals surface area contributed by atoms with Crippen molar-refractivity contribution >= 4 is 6.09 Å². The number of methoxy groups -OCH3 is 1. The van der Waals surface area contributed by atoms with Crippen LogP contribution >= 0.6 is 0 Å². The van der Waals surface area contributed by atoms with Crippen molar-refractivity contribution in [2.45, 2.75) is 25.7 Å².